The lowest BCUT2D eigenvalue weighted by Crippen LogP contribution is -2.30. The van der Waals surface area contributed by atoms with Gasteiger partial charge in [0.15, 0.2) is 0 Å². The van der Waals surface area contributed by atoms with Gasteiger partial charge in [0, 0.05) is 13.6 Å². The van der Waals surface area contributed by atoms with E-state index in [0.29, 0.717) is 17.9 Å². The Labute approximate surface area is 116 Å². The van der Waals surface area contributed by atoms with E-state index in [1.807, 2.05) is 30.3 Å². The van der Waals surface area contributed by atoms with Crippen LogP contribution in [0.15, 0.2) is 36.5 Å². The average Bonchev–Trinajstić information content (AvgIpc) is 2.79. The summed E-state index contributed by atoms with van der Waals surface area (Å²) in [5.41, 5.74) is 6.82. The Bertz CT molecular complexity index is 619. The summed E-state index contributed by atoms with van der Waals surface area (Å²) >= 11 is 0. The van der Waals surface area contributed by atoms with Gasteiger partial charge in [-0.15, -0.1) is 0 Å². The third-order valence-electron chi connectivity index (χ3n) is 2.76. The van der Waals surface area contributed by atoms with Crippen LogP contribution in [-0.4, -0.2) is 21.6 Å². The van der Waals surface area contributed by atoms with E-state index in [1.165, 1.54) is 10.9 Å². The smallest absolute Gasteiger partial charge is 0.320 e. The fourth-order valence-corrected chi connectivity index (χ4v) is 1.71. The molecule has 1 aromatic heterocycles. The number of rotatable bonds is 4. The molecule has 0 aliphatic rings. The number of carbonyl (C=O) groups excluding carboxylic acids is 1. The molecule has 0 atom stereocenters. The van der Waals surface area contributed by atoms with Crippen molar-refractivity contribution in [2.24, 2.45) is 12.8 Å². The molecule has 1 aromatic carbocycles. The summed E-state index contributed by atoms with van der Waals surface area (Å²) in [5.74, 6) is 0.250. The zero-order chi connectivity index (χ0) is 14.5. The van der Waals surface area contributed by atoms with Crippen molar-refractivity contribution >= 4 is 17.7 Å². The number of carbonyl (C=O) groups is 1. The molecule has 0 fully saturated rings. The topological polar surface area (TPSA) is 109 Å². The molecular weight excluding hydrogens is 256 g/mol. The van der Waals surface area contributed by atoms with Crippen LogP contribution in [0.25, 0.3) is 0 Å². The van der Waals surface area contributed by atoms with Crippen LogP contribution in [0.1, 0.15) is 11.1 Å². The molecule has 7 nitrogen and oxygen atoms in total. The van der Waals surface area contributed by atoms with Crippen LogP contribution in [0.4, 0.5) is 10.6 Å². The molecule has 0 unspecified atom stereocenters. The second-order valence-corrected chi connectivity index (χ2v) is 4.24. The molecule has 20 heavy (non-hydrogen) atoms. The first-order valence-electron chi connectivity index (χ1n) is 6.03. The fourth-order valence-electron chi connectivity index (χ4n) is 1.71. The van der Waals surface area contributed by atoms with Gasteiger partial charge in [0.05, 0.1) is 11.8 Å². The maximum Gasteiger partial charge on any atom is 0.320 e. The van der Waals surface area contributed by atoms with E-state index in [2.05, 4.69) is 15.7 Å². The van der Waals surface area contributed by atoms with Gasteiger partial charge in [-0.3, -0.25) is 15.4 Å². The van der Waals surface area contributed by atoms with E-state index in [4.69, 9.17) is 11.1 Å². The number of nitrogens with zero attached hydrogens (tertiary/aromatic N) is 2. The van der Waals surface area contributed by atoms with Crippen molar-refractivity contribution in [2.75, 3.05) is 5.32 Å². The van der Waals surface area contributed by atoms with Gasteiger partial charge in [0.2, 0.25) is 0 Å². The lowest BCUT2D eigenvalue weighted by atomic mass is 10.2. The van der Waals surface area contributed by atoms with Crippen LogP contribution in [-0.2, 0) is 13.6 Å². The molecule has 0 aliphatic carbocycles. The van der Waals surface area contributed by atoms with Gasteiger partial charge in [0.1, 0.15) is 11.7 Å². The first-order valence-corrected chi connectivity index (χ1v) is 6.03. The molecule has 0 bridgehead atoms. The summed E-state index contributed by atoms with van der Waals surface area (Å²) in [6.07, 6.45) is 1.44. The lowest BCUT2D eigenvalue weighted by molar-refractivity contribution is 0.251. The number of nitrogens with two attached hydrogens (primary N) is 1. The Balaban J connectivity index is 1.98. The summed E-state index contributed by atoms with van der Waals surface area (Å²) in [5, 5.41) is 16.8. The van der Waals surface area contributed by atoms with Gasteiger partial charge in [0.25, 0.3) is 0 Å². The van der Waals surface area contributed by atoms with Crippen molar-refractivity contribution in [1.29, 1.82) is 5.41 Å². The number of nitrogens with one attached hydrogen (secondary N) is 3. The van der Waals surface area contributed by atoms with Crippen molar-refractivity contribution in [2.45, 2.75) is 6.54 Å². The molecule has 0 spiro atoms. The SMILES string of the molecule is Cn1ncc(C(=N)N)c1NC(=O)NCc1ccccc1. The molecule has 7 heteroatoms. The second kappa shape index (κ2) is 5.87. The Kier molecular flexibility index (Phi) is 3.99. The van der Waals surface area contributed by atoms with Crippen LogP contribution in [0.3, 0.4) is 0 Å². The largest absolute Gasteiger partial charge is 0.384 e. The highest BCUT2D eigenvalue weighted by atomic mass is 16.2. The number of urea groups is 1. The van der Waals surface area contributed by atoms with E-state index in [1.54, 1.807) is 7.05 Å². The number of aryl methyl sites for hydroxylation is 1. The van der Waals surface area contributed by atoms with Crippen molar-refractivity contribution in [3.05, 3.63) is 47.7 Å². The molecule has 0 radical (unpaired) electrons. The molecule has 2 aromatic rings. The average molecular weight is 272 g/mol. The van der Waals surface area contributed by atoms with Crippen LogP contribution >= 0.6 is 0 Å². The number of amidine groups is 1. The first-order chi connectivity index (χ1) is 9.58. The highest BCUT2D eigenvalue weighted by Crippen LogP contribution is 2.12. The predicted molar refractivity (Wildman–Crippen MR) is 76.5 cm³/mol. The summed E-state index contributed by atoms with van der Waals surface area (Å²) in [4.78, 5) is 11.8. The molecule has 1 heterocycles. The van der Waals surface area contributed by atoms with Gasteiger partial charge >= 0.3 is 6.03 Å². The molecule has 104 valence electrons. The minimum atomic E-state index is -0.375. The van der Waals surface area contributed by atoms with Gasteiger partial charge in [-0.05, 0) is 5.56 Å². The third-order valence-corrected chi connectivity index (χ3v) is 2.76. The van der Waals surface area contributed by atoms with Crippen molar-refractivity contribution in [3.63, 3.8) is 0 Å². The minimum absolute atomic E-state index is 0.142. The minimum Gasteiger partial charge on any atom is -0.384 e. The Hall–Kier alpha value is -2.83. The molecule has 2 amide bonds. The summed E-state index contributed by atoms with van der Waals surface area (Å²) < 4.78 is 1.46. The number of aromatic nitrogens is 2. The molecule has 0 aliphatic heterocycles. The van der Waals surface area contributed by atoms with Crippen LogP contribution < -0.4 is 16.4 Å². The van der Waals surface area contributed by atoms with Crippen molar-refractivity contribution in [3.8, 4) is 0 Å². The quantitative estimate of drug-likeness (QED) is 0.493. The maximum absolute atomic E-state index is 11.8. The standard InChI is InChI=1S/C13H16N6O/c1-19-12(10(8-17-19)11(14)15)18-13(20)16-7-9-5-3-2-4-6-9/h2-6,8H,7H2,1H3,(H3,14,15)(H2,16,18,20). The normalized spacial score (nSPS) is 10.1. The van der Waals surface area contributed by atoms with Crippen molar-refractivity contribution < 1.29 is 4.79 Å². The van der Waals surface area contributed by atoms with E-state index in [9.17, 15) is 4.79 Å². The number of hydrogen-bond donors (Lipinski definition) is 4. The molecule has 0 saturated heterocycles. The molecule has 5 N–H and O–H groups in total. The number of anilines is 1. The van der Waals surface area contributed by atoms with Crippen LogP contribution in [0.2, 0.25) is 0 Å². The monoisotopic (exact) mass is 272 g/mol. The molecular formula is C13H16N6O. The summed E-state index contributed by atoms with van der Waals surface area (Å²) in [7, 11) is 1.67. The third kappa shape index (κ3) is 3.14. The van der Waals surface area contributed by atoms with Crippen LogP contribution in [0.5, 0.6) is 0 Å². The summed E-state index contributed by atoms with van der Waals surface area (Å²) in [6.45, 7) is 0.417. The zero-order valence-electron chi connectivity index (χ0n) is 11.1. The Morgan fingerprint density at radius 2 is 2.10 bits per heavy atom. The Morgan fingerprint density at radius 3 is 2.75 bits per heavy atom. The van der Waals surface area contributed by atoms with E-state index in [-0.39, 0.29) is 11.9 Å². The lowest BCUT2D eigenvalue weighted by Gasteiger charge is -2.09. The first kappa shape index (κ1) is 13.6. The number of hydrogen-bond acceptors (Lipinski definition) is 3. The van der Waals surface area contributed by atoms with E-state index in [0.717, 1.165) is 5.56 Å². The number of benzene rings is 1. The molecule has 2 rings (SSSR count). The summed E-state index contributed by atoms with van der Waals surface area (Å²) in [6, 6.07) is 9.20. The second-order valence-electron chi connectivity index (χ2n) is 4.24. The van der Waals surface area contributed by atoms with Gasteiger partial charge in [-0.1, -0.05) is 30.3 Å². The maximum atomic E-state index is 11.8. The highest BCUT2D eigenvalue weighted by Gasteiger charge is 2.13. The fraction of sp³-hybridized carbons (Fsp3) is 0.154. The van der Waals surface area contributed by atoms with E-state index >= 15 is 0 Å². The Morgan fingerprint density at radius 1 is 1.40 bits per heavy atom. The number of amides is 2. The highest BCUT2D eigenvalue weighted by molar-refractivity contribution is 6.02. The number of nitrogen functional groups attached to an aromatic ring is 1. The van der Waals surface area contributed by atoms with Crippen LogP contribution in [0, 0.1) is 5.41 Å². The zero-order valence-corrected chi connectivity index (χ0v) is 11.1. The predicted octanol–water partition coefficient (Wildman–Crippen LogP) is 1.03. The van der Waals surface area contributed by atoms with Crippen molar-refractivity contribution in [1.82, 2.24) is 15.1 Å². The van der Waals surface area contributed by atoms with Gasteiger partial charge in [-0.2, -0.15) is 5.10 Å². The van der Waals surface area contributed by atoms with Gasteiger partial charge < -0.3 is 11.1 Å². The molecule has 0 saturated carbocycles. The van der Waals surface area contributed by atoms with Gasteiger partial charge in [-0.25, -0.2) is 4.79 Å². The van der Waals surface area contributed by atoms with E-state index < -0.39 is 0 Å².